The van der Waals surface area contributed by atoms with Gasteiger partial charge in [0.05, 0.1) is 40.8 Å². The molecule has 4 aromatic rings. The number of benzene rings is 1. The summed E-state index contributed by atoms with van der Waals surface area (Å²) in [6.45, 7) is 19.0. The molecular weight excluding hydrogens is 871 g/mol. The highest BCUT2D eigenvalue weighted by Crippen LogP contribution is 2.42. The Morgan fingerprint density at radius 3 is 2.63 bits per heavy atom. The van der Waals surface area contributed by atoms with Crippen LogP contribution in [0.4, 0.5) is 4.79 Å². The van der Waals surface area contributed by atoms with Crippen LogP contribution in [0.25, 0.3) is 33.4 Å². The largest absolute Gasteiger partial charge is 0.464 e. The Hall–Kier alpha value is -5.65. The number of aryl methyl sites for hydroxylation is 1. The zero-order valence-corrected chi connectivity index (χ0v) is 41.4. The minimum atomic E-state index is -1.09. The highest BCUT2D eigenvalue weighted by Gasteiger charge is 2.42. The van der Waals surface area contributed by atoms with E-state index in [-0.39, 0.29) is 49.1 Å². The van der Waals surface area contributed by atoms with Gasteiger partial charge in [-0.15, -0.1) is 11.3 Å². The van der Waals surface area contributed by atoms with Crippen molar-refractivity contribution in [1.82, 2.24) is 45.0 Å². The summed E-state index contributed by atoms with van der Waals surface area (Å²) < 4.78 is 14.2. The maximum Gasteiger partial charge on any atom is 0.324 e. The maximum atomic E-state index is 14.7. The number of carbonyl (C=O) groups is 5. The van der Waals surface area contributed by atoms with E-state index in [9.17, 15) is 24.0 Å². The summed E-state index contributed by atoms with van der Waals surface area (Å²) in [5.74, 6) is -1.94. The molecule has 2 fully saturated rings. The third kappa shape index (κ3) is 10.1. The Kier molecular flexibility index (Phi) is 14.9. The molecule has 0 spiro atoms. The molecule has 2 saturated heterocycles. The lowest BCUT2D eigenvalue weighted by molar-refractivity contribution is -0.155. The average Bonchev–Trinajstić information content (AvgIpc) is 4.03. The number of aromatic nitrogens is 3. The summed E-state index contributed by atoms with van der Waals surface area (Å²) in [5.41, 5.74) is 9.24. The van der Waals surface area contributed by atoms with Gasteiger partial charge in [0.1, 0.15) is 18.1 Å². The molecule has 3 aliphatic rings. The van der Waals surface area contributed by atoms with Gasteiger partial charge in [0, 0.05) is 92.3 Å². The van der Waals surface area contributed by atoms with Gasteiger partial charge in [0.2, 0.25) is 11.8 Å². The van der Waals surface area contributed by atoms with E-state index < -0.39 is 41.3 Å². The van der Waals surface area contributed by atoms with Crippen LogP contribution in [0.15, 0.2) is 54.6 Å². The first-order valence-corrected chi connectivity index (χ1v) is 24.3. The number of pyridine rings is 1. The van der Waals surface area contributed by atoms with Crippen molar-refractivity contribution in [2.45, 2.75) is 123 Å². The molecule has 360 valence electrons. The van der Waals surface area contributed by atoms with Gasteiger partial charge in [-0.25, -0.2) is 15.2 Å². The Bertz CT molecular complexity index is 2520. The molecule has 16 nitrogen and oxygen atoms in total. The summed E-state index contributed by atoms with van der Waals surface area (Å²) in [5, 5.41) is 8.11. The number of esters is 1. The van der Waals surface area contributed by atoms with Crippen molar-refractivity contribution in [2.24, 2.45) is 11.3 Å². The molecule has 17 heteroatoms. The molecule has 5 amide bonds. The van der Waals surface area contributed by atoms with Crippen molar-refractivity contribution in [3.05, 3.63) is 70.8 Å². The van der Waals surface area contributed by atoms with E-state index >= 15 is 0 Å². The smallest absolute Gasteiger partial charge is 0.324 e. The van der Waals surface area contributed by atoms with E-state index in [4.69, 9.17) is 19.4 Å². The monoisotopic (exact) mass is 937 g/mol. The van der Waals surface area contributed by atoms with Crippen LogP contribution in [-0.2, 0) is 48.0 Å². The number of likely N-dealkylation sites (tertiary alicyclic amines) is 1. The second-order valence-corrected chi connectivity index (χ2v) is 20.3. The van der Waals surface area contributed by atoms with Crippen molar-refractivity contribution in [3.63, 3.8) is 0 Å². The van der Waals surface area contributed by atoms with Crippen LogP contribution >= 0.6 is 11.3 Å². The minimum absolute atomic E-state index is 0.0685. The van der Waals surface area contributed by atoms with Gasteiger partial charge in [-0.05, 0) is 88.3 Å². The number of hydrogen-bond acceptors (Lipinski definition) is 11. The van der Waals surface area contributed by atoms with Crippen molar-refractivity contribution < 1.29 is 33.4 Å². The van der Waals surface area contributed by atoms with E-state index in [1.165, 1.54) is 27.3 Å². The Morgan fingerprint density at radius 1 is 1.16 bits per heavy atom. The lowest BCUT2D eigenvalue weighted by atomic mass is 9.84. The molecule has 6 heterocycles. The number of hydrazine groups is 1. The summed E-state index contributed by atoms with van der Waals surface area (Å²) in [7, 11) is 4.98. The van der Waals surface area contributed by atoms with Gasteiger partial charge in [0.25, 0.3) is 5.91 Å². The number of thiazole rings is 1. The average molecular weight is 938 g/mol. The van der Waals surface area contributed by atoms with Crippen LogP contribution in [0, 0.1) is 11.3 Å². The maximum absolute atomic E-state index is 14.7. The van der Waals surface area contributed by atoms with E-state index in [2.05, 4.69) is 66.9 Å². The van der Waals surface area contributed by atoms with Gasteiger partial charge < -0.3 is 34.1 Å². The number of fused-ring (bicyclic) bond motifs is 6. The first-order valence-electron chi connectivity index (χ1n) is 23.4. The van der Waals surface area contributed by atoms with Gasteiger partial charge >= 0.3 is 12.0 Å². The molecule has 0 radical (unpaired) electrons. The lowest BCUT2D eigenvalue weighted by Gasteiger charge is -2.37. The van der Waals surface area contributed by atoms with Crippen molar-refractivity contribution in [2.75, 3.05) is 40.9 Å². The zero-order chi connectivity index (χ0) is 48.5. The number of likely N-dealkylation sites (N-methyl/N-ethyl adjacent to an activating group) is 2. The minimum Gasteiger partial charge on any atom is -0.464 e. The fourth-order valence-corrected chi connectivity index (χ4v) is 10.8. The second kappa shape index (κ2) is 20.3. The van der Waals surface area contributed by atoms with Crippen LogP contribution in [0.1, 0.15) is 90.1 Å². The van der Waals surface area contributed by atoms with Gasteiger partial charge in [-0.2, -0.15) is 0 Å². The van der Waals surface area contributed by atoms with Gasteiger partial charge in [-0.3, -0.25) is 29.2 Å². The number of nitrogens with zero attached hydrogens (tertiary/aromatic N) is 7. The van der Waals surface area contributed by atoms with Crippen LogP contribution in [-0.4, -0.2) is 135 Å². The van der Waals surface area contributed by atoms with Crippen molar-refractivity contribution in [1.29, 1.82) is 0 Å². The molecule has 3 aliphatic heterocycles. The van der Waals surface area contributed by atoms with Gasteiger partial charge in [0.15, 0.2) is 0 Å². The molecule has 6 bridgehead atoms. The van der Waals surface area contributed by atoms with Crippen molar-refractivity contribution >= 4 is 52.0 Å². The fourth-order valence-electron chi connectivity index (χ4n) is 9.94. The molecular formula is C50H67N9O7S. The number of carbonyl (C=O) groups excluding carboxylic acids is 5. The number of rotatable bonds is 10. The molecule has 2 N–H and O–H groups in total. The summed E-state index contributed by atoms with van der Waals surface area (Å²) in [4.78, 5) is 84.4. The number of nitrogens with one attached hydrogen (secondary N) is 2. The van der Waals surface area contributed by atoms with E-state index in [1.807, 2.05) is 39.1 Å². The molecule has 3 aromatic heterocycles. The number of methoxy groups -OCH3 is 1. The molecule has 1 aromatic carbocycles. The normalized spacial score (nSPS) is 22.0. The predicted octanol–water partition coefficient (Wildman–Crippen LogP) is 6.39. The topological polar surface area (TPSA) is 172 Å². The summed E-state index contributed by atoms with van der Waals surface area (Å²) in [6.07, 6.45) is 5.01. The van der Waals surface area contributed by atoms with E-state index in [0.29, 0.717) is 50.3 Å². The molecule has 6 atom stereocenters. The predicted molar refractivity (Wildman–Crippen MR) is 259 cm³/mol. The summed E-state index contributed by atoms with van der Waals surface area (Å²) >= 11 is 1.40. The van der Waals surface area contributed by atoms with Crippen LogP contribution in [0.3, 0.4) is 0 Å². The highest BCUT2D eigenvalue weighted by molar-refractivity contribution is 7.10. The third-order valence-electron chi connectivity index (χ3n) is 13.6. The standard InChI is InChI=1S/C50H67N9O7S/c1-12-42(60)55(9)33-22-30(5)58(26-33)49(64)56(10)44(29(3)4)46(61)53-38-24-41-52-39(27-67-41)32-18-19-40-35(23-32)36(45(57(40)13-2)34-16-14-20-51-43(34)31(6)65-11)25-50(7,8)28-66-48(63)37-17-15-21-59(54-37)47(38)62/h12,14,16,18-20,23,27,29-31,33,37-38,44,54H,1,13,15,17,21-22,24-26,28H2,2-11H3,(H,53,61)/t30-,31-,33+,37-,38-,44-/m0/s1. The first kappa shape index (κ1) is 49.3. The Balaban J connectivity index is 1.25. The molecule has 0 unspecified atom stereocenters. The highest BCUT2D eigenvalue weighted by atomic mass is 32.1. The number of cyclic esters (lactones) is 1. The first-order chi connectivity index (χ1) is 31.9. The number of urea groups is 1. The van der Waals surface area contributed by atoms with E-state index in [0.717, 1.165) is 44.7 Å². The zero-order valence-electron chi connectivity index (χ0n) is 40.6. The molecule has 67 heavy (non-hydrogen) atoms. The van der Waals surface area contributed by atoms with Crippen LogP contribution in [0.2, 0.25) is 0 Å². The molecule has 7 rings (SSSR count). The third-order valence-corrected chi connectivity index (χ3v) is 14.5. The molecule has 0 saturated carbocycles. The Morgan fingerprint density at radius 2 is 1.93 bits per heavy atom. The number of hydrogen-bond donors (Lipinski definition) is 2. The number of amides is 5. The fraction of sp³-hybridized carbons (Fsp3) is 0.540. The van der Waals surface area contributed by atoms with Crippen LogP contribution < -0.4 is 10.7 Å². The molecule has 0 aliphatic carbocycles. The van der Waals surface area contributed by atoms with Crippen LogP contribution in [0.5, 0.6) is 0 Å². The van der Waals surface area contributed by atoms with Gasteiger partial charge in [-0.1, -0.05) is 40.3 Å². The lowest BCUT2D eigenvalue weighted by Crippen LogP contribution is -2.62. The van der Waals surface area contributed by atoms with E-state index in [1.54, 1.807) is 37.2 Å². The van der Waals surface area contributed by atoms with Crippen molar-refractivity contribution in [3.8, 4) is 22.5 Å². The summed E-state index contributed by atoms with van der Waals surface area (Å²) in [6, 6.07) is 6.83. The second-order valence-electron chi connectivity index (χ2n) is 19.4. The Labute approximate surface area is 398 Å². The quantitative estimate of drug-likeness (QED) is 0.134. The SMILES string of the molecule is C=CC(=O)N(C)[C@@H]1C[C@H](C)N(C(=O)N(C)[C@H](C(=O)N[C@H]2Cc3nc(cs3)-c3ccc4c(c3)c(c(-c3cccnc3[C@H](C)OC)n4CC)CC(C)(C)COC(=O)[C@@H]3CCCN(N3)C2=O)C(C)C)C1. The number of ether oxygens (including phenoxy) is 2.